The molecule has 0 saturated carbocycles. The molecular weight excluding hydrogens is 567 g/mol. The van der Waals surface area contributed by atoms with Crippen molar-refractivity contribution in [2.45, 2.75) is 30.6 Å². The summed E-state index contributed by atoms with van der Waals surface area (Å²) >= 11 is 1.86. The summed E-state index contributed by atoms with van der Waals surface area (Å²) in [5.74, 6) is 1.87. The normalized spacial score (nSPS) is 14.2. The molecule has 0 atom stereocenters. The van der Waals surface area contributed by atoms with Crippen LogP contribution in [0.25, 0.3) is 36.5 Å². The average molecular weight is 604 g/mol. The van der Waals surface area contributed by atoms with Crippen LogP contribution in [0.5, 0.6) is 11.5 Å². The second-order valence-electron chi connectivity index (χ2n) is 10.9. The van der Waals surface area contributed by atoms with Gasteiger partial charge in [-0.25, -0.2) is 0 Å². The predicted octanol–water partition coefficient (Wildman–Crippen LogP) is 6.43. The van der Waals surface area contributed by atoms with Gasteiger partial charge in [0.05, 0.1) is 0 Å². The zero-order valence-electron chi connectivity index (χ0n) is 26.2. The molecule has 3 aliphatic rings. The molecule has 3 aliphatic heterocycles. The summed E-state index contributed by atoms with van der Waals surface area (Å²) < 4.78 is 5.87. The first kappa shape index (κ1) is 30.1. The molecule has 3 heterocycles. The van der Waals surface area contributed by atoms with Crippen molar-refractivity contribution in [3.05, 3.63) is 158 Å². The summed E-state index contributed by atoms with van der Waals surface area (Å²) in [6.07, 6.45) is 17.2. The minimum absolute atomic E-state index is 0.934. The van der Waals surface area contributed by atoms with E-state index in [-0.39, 0.29) is 0 Å². The molecule has 45 heavy (non-hydrogen) atoms. The molecule has 8 rings (SSSR count). The summed E-state index contributed by atoms with van der Waals surface area (Å²) in [6.45, 7) is 6.21. The predicted molar refractivity (Wildman–Crippen MR) is 194 cm³/mol. The van der Waals surface area contributed by atoms with Crippen LogP contribution >= 0.6 is 11.8 Å². The summed E-state index contributed by atoms with van der Waals surface area (Å²) in [5.41, 5.74) is 3.75. The van der Waals surface area contributed by atoms with E-state index in [2.05, 4.69) is 147 Å². The molecule has 2 nitrogen and oxygen atoms in total. The Kier molecular flexibility index (Phi) is 9.19. The van der Waals surface area contributed by atoms with Crippen LogP contribution in [0.1, 0.15) is 31.9 Å². The number of fused-ring (bicyclic) bond motifs is 5. The van der Waals surface area contributed by atoms with Gasteiger partial charge < -0.3 is 9.64 Å². The molecule has 0 spiro atoms. The van der Waals surface area contributed by atoms with E-state index < -0.39 is 0 Å². The van der Waals surface area contributed by atoms with Crippen molar-refractivity contribution < 1.29 is 4.74 Å². The van der Waals surface area contributed by atoms with Crippen LogP contribution in [0.2, 0.25) is 0 Å². The Morgan fingerprint density at radius 3 is 1.91 bits per heavy atom. The number of para-hydroxylation sites is 1. The Bertz CT molecular complexity index is 2160. The van der Waals surface area contributed by atoms with E-state index >= 15 is 0 Å². The Labute approximate surface area is 269 Å². The van der Waals surface area contributed by atoms with E-state index in [1.54, 1.807) is 0 Å². The van der Waals surface area contributed by atoms with E-state index in [0.717, 1.165) is 17.1 Å². The van der Waals surface area contributed by atoms with Crippen molar-refractivity contribution in [3.63, 3.8) is 0 Å². The van der Waals surface area contributed by atoms with Gasteiger partial charge in [-0.15, -0.1) is 0 Å². The maximum absolute atomic E-state index is 5.87. The van der Waals surface area contributed by atoms with Gasteiger partial charge in [0, 0.05) is 44.7 Å². The molecule has 0 amide bonds. The molecule has 5 aromatic carbocycles. The first-order chi connectivity index (χ1) is 22.1. The van der Waals surface area contributed by atoms with Crippen LogP contribution in [0.4, 0.5) is 5.69 Å². The van der Waals surface area contributed by atoms with Gasteiger partial charge in [0.15, 0.2) is 0 Å². The van der Waals surface area contributed by atoms with Crippen molar-refractivity contribution in [3.8, 4) is 11.5 Å². The quantitative estimate of drug-likeness (QED) is 0.198. The van der Waals surface area contributed by atoms with Gasteiger partial charge >= 0.3 is 0 Å². The van der Waals surface area contributed by atoms with Crippen LogP contribution < -0.4 is 40.9 Å². The molecule has 5 aromatic rings. The fourth-order valence-corrected chi connectivity index (χ4v) is 6.77. The van der Waals surface area contributed by atoms with Crippen molar-refractivity contribution >= 4 is 53.9 Å². The molecule has 0 radical (unpaired) electrons. The van der Waals surface area contributed by atoms with Crippen LogP contribution in [0, 0.1) is 0 Å². The zero-order chi connectivity index (χ0) is 31.2. The van der Waals surface area contributed by atoms with Crippen LogP contribution in [-0.2, 0) is 0 Å². The Morgan fingerprint density at radius 2 is 1.13 bits per heavy atom. The first-order valence-electron chi connectivity index (χ1n) is 15.3. The van der Waals surface area contributed by atoms with E-state index in [4.69, 9.17) is 4.74 Å². The average Bonchev–Trinajstić information content (AvgIpc) is 3.09. The van der Waals surface area contributed by atoms with Gasteiger partial charge in [-0.3, -0.25) is 0 Å². The fraction of sp³-hybridized carbons (Fsp3) is 0.0952. The third-order valence-corrected chi connectivity index (χ3v) is 9.25. The summed E-state index contributed by atoms with van der Waals surface area (Å²) in [5, 5.41) is 7.67. The third-order valence-electron chi connectivity index (χ3n) is 8.08. The number of rotatable bonds is 0. The summed E-state index contributed by atoms with van der Waals surface area (Å²) in [7, 11) is 2.07. The SMILES string of the molecule is C/C=c1\cccc2c1=CC=CN2C.C/C=c1\cccc2c1=Cc1ccccc1O2.C/C=c1\cccc2c1=Cc1ccccc1S2. The maximum atomic E-state index is 5.87. The number of ether oxygens (including phenoxy) is 1. The monoisotopic (exact) mass is 603 g/mol. The van der Waals surface area contributed by atoms with E-state index in [0.29, 0.717) is 0 Å². The standard InChI is InChI=1S/C15H12O.C15H12S.C12H13N/c2*1-2-11-7-5-9-15-13(11)10-12-6-3-4-8-14(12)16-15;1-3-10-6-4-8-12-11(10)7-5-9-13(12)2/h2*2-10H,1H3;3-9H,1-2H3/b2*11-2+;10-3+. The third kappa shape index (κ3) is 6.45. The second-order valence-corrected chi connectivity index (χ2v) is 11.9. The fourth-order valence-electron chi connectivity index (χ4n) is 5.71. The first-order valence-corrected chi connectivity index (χ1v) is 16.2. The van der Waals surface area contributed by atoms with Crippen molar-refractivity contribution in [2.75, 3.05) is 11.9 Å². The maximum Gasteiger partial charge on any atom is 0.135 e. The van der Waals surface area contributed by atoms with Gasteiger partial charge in [-0.2, -0.15) is 0 Å². The van der Waals surface area contributed by atoms with Gasteiger partial charge in [0.1, 0.15) is 11.5 Å². The summed E-state index contributed by atoms with van der Waals surface area (Å²) in [6, 6.07) is 35.7. The smallest absolute Gasteiger partial charge is 0.135 e. The van der Waals surface area contributed by atoms with E-state index in [1.165, 1.54) is 52.4 Å². The highest BCUT2D eigenvalue weighted by atomic mass is 32.2. The number of allylic oxidation sites excluding steroid dienone is 1. The number of anilines is 1. The number of benzene rings is 5. The molecule has 0 bridgehead atoms. The zero-order valence-corrected chi connectivity index (χ0v) is 27.0. The lowest BCUT2D eigenvalue weighted by atomic mass is 10.1. The molecule has 0 unspecified atom stereocenters. The number of hydrogen-bond acceptors (Lipinski definition) is 3. The lowest BCUT2D eigenvalue weighted by molar-refractivity contribution is 0.473. The van der Waals surface area contributed by atoms with Crippen molar-refractivity contribution in [1.82, 2.24) is 0 Å². The molecule has 0 N–H and O–H groups in total. The molecule has 0 aromatic heterocycles. The van der Waals surface area contributed by atoms with Gasteiger partial charge in [0.25, 0.3) is 0 Å². The Morgan fingerprint density at radius 1 is 0.556 bits per heavy atom. The number of nitrogens with zero attached hydrogens (tertiary/aromatic N) is 1. The summed E-state index contributed by atoms with van der Waals surface area (Å²) in [4.78, 5) is 4.85. The Hall–Kier alpha value is -4.99. The highest BCUT2D eigenvalue weighted by molar-refractivity contribution is 7.99. The van der Waals surface area contributed by atoms with Gasteiger partial charge in [0.2, 0.25) is 0 Å². The lowest BCUT2D eigenvalue weighted by Gasteiger charge is -2.17. The molecular formula is C42H37NOS. The molecule has 222 valence electrons. The van der Waals surface area contributed by atoms with E-state index in [1.807, 2.05) is 49.0 Å². The van der Waals surface area contributed by atoms with Crippen molar-refractivity contribution in [1.29, 1.82) is 0 Å². The number of hydrogen-bond donors (Lipinski definition) is 0. The molecule has 3 heteroatoms. The Balaban J connectivity index is 0.000000120. The molecule has 0 fully saturated rings. The molecule has 0 saturated heterocycles. The topological polar surface area (TPSA) is 12.5 Å². The highest BCUT2D eigenvalue weighted by Gasteiger charge is 2.10. The lowest BCUT2D eigenvalue weighted by Crippen LogP contribution is -2.31. The minimum atomic E-state index is 0.934. The second kappa shape index (κ2) is 13.8. The van der Waals surface area contributed by atoms with E-state index in [9.17, 15) is 0 Å². The molecule has 0 aliphatic carbocycles. The van der Waals surface area contributed by atoms with Crippen LogP contribution in [0.15, 0.2) is 125 Å². The highest BCUT2D eigenvalue weighted by Crippen LogP contribution is 2.31. The van der Waals surface area contributed by atoms with Gasteiger partial charge in [-0.05, 0) is 95.8 Å². The van der Waals surface area contributed by atoms with Crippen molar-refractivity contribution in [2.24, 2.45) is 0 Å². The minimum Gasteiger partial charge on any atom is -0.456 e. The van der Waals surface area contributed by atoms with Crippen LogP contribution in [-0.4, -0.2) is 7.05 Å². The largest absolute Gasteiger partial charge is 0.456 e. The van der Waals surface area contributed by atoms with Crippen LogP contribution in [0.3, 0.4) is 0 Å². The van der Waals surface area contributed by atoms with Gasteiger partial charge in [-0.1, -0.05) is 109 Å².